The van der Waals surface area contributed by atoms with Crippen LogP contribution < -0.4 is 0 Å². The first-order valence-corrected chi connectivity index (χ1v) is 8.51. The number of rotatable bonds is 4. The molecular weight excluding hydrogens is 352 g/mol. The van der Waals surface area contributed by atoms with Crippen molar-refractivity contribution in [2.45, 2.75) is 27.7 Å². The van der Waals surface area contributed by atoms with Crippen molar-refractivity contribution in [3.05, 3.63) is 70.2 Å². The highest BCUT2D eigenvalue weighted by atomic mass is 79.9. The van der Waals surface area contributed by atoms with Crippen molar-refractivity contribution in [2.24, 2.45) is 11.8 Å². The fourth-order valence-corrected chi connectivity index (χ4v) is 2.31. The van der Waals surface area contributed by atoms with E-state index >= 15 is 0 Å². The third-order valence-corrected chi connectivity index (χ3v) is 3.71. The molecule has 0 N–H and O–H groups in total. The van der Waals surface area contributed by atoms with E-state index in [0.29, 0.717) is 0 Å². The van der Waals surface area contributed by atoms with Gasteiger partial charge in [-0.25, -0.2) is 0 Å². The normalized spacial score (nSPS) is 10.2. The van der Waals surface area contributed by atoms with Gasteiger partial charge in [-0.05, 0) is 12.1 Å². The van der Waals surface area contributed by atoms with Gasteiger partial charge >= 0.3 is 0 Å². The Morgan fingerprint density at radius 3 is 1.70 bits per heavy atom. The van der Waals surface area contributed by atoms with Crippen LogP contribution in [0, 0.1) is 11.8 Å². The molecule has 0 fully saturated rings. The summed E-state index contributed by atoms with van der Waals surface area (Å²) >= 11 is 3.33. The highest BCUT2D eigenvalue weighted by Crippen LogP contribution is 2.14. The van der Waals surface area contributed by atoms with Gasteiger partial charge in [-0.15, -0.1) is 0 Å². The second-order valence-corrected chi connectivity index (χ2v) is 6.83. The Morgan fingerprint density at radius 1 is 0.739 bits per heavy atom. The van der Waals surface area contributed by atoms with Crippen molar-refractivity contribution in [3.63, 3.8) is 0 Å². The summed E-state index contributed by atoms with van der Waals surface area (Å²) in [4.78, 5) is 22.8. The average molecular weight is 375 g/mol. The lowest BCUT2D eigenvalue weighted by Crippen LogP contribution is -2.06. The van der Waals surface area contributed by atoms with E-state index in [9.17, 15) is 9.59 Å². The highest BCUT2D eigenvalue weighted by molar-refractivity contribution is 9.10. The number of Topliss-reactive ketones (excluding diaryl/α,β-unsaturated/α-hetero) is 2. The van der Waals surface area contributed by atoms with Crippen molar-refractivity contribution in [1.82, 2.24) is 0 Å². The van der Waals surface area contributed by atoms with E-state index in [4.69, 9.17) is 0 Å². The molecule has 0 radical (unpaired) electrons. The first kappa shape index (κ1) is 19.3. The lowest BCUT2D eigenvalue weighted by Gasteiger charge is -2.03. The molecule has 2 aromatic carbocycles. The number of carbonyl (C=O) groups excluding carboxylic acids is 2. The van der Waals surface area contributed by atoms with E-state index < -0.39 is 0 Å². The molecule has 2 nitrogen and oxygen atoms in total. The number of benzene rings is 2. The fraction of sp³-hybridized carbons (Fsp3) is 0.300. The minimum Gasteiger partial charge on any atom is -0.294 e. The van der Waals surface area contributed by atoms with E-state index in [-0.39, 0.29) is 23.4 Å². The summed E-state index contributed by atoms with van der Waals surface area (Å²) < 4.78 is 0.953. The summed E-state index contributed by atoms with van der Waals surface area (Å²) in [5, 5.41) is 0. The molecule has 0 aromatic heterocycles. The van der Waals surface area contributed by atoms with Crippen LogP contribution in [0.2, 0.25) is 0 Å². The van der Waals surface area contributed by atoms with Gasteiger partial charge in [-0.3, -0.25) is 9.59 Å². The molecule has 0 spiro atoms. The minimum atomic E-state index is 0.0688. The zero-order valence-corrected chi connectivity index (χ0v) is 15.6. The third-order valence-electron chi connectivity index (χ3n) is 3.22. The van der Waals surface area contributed by atoms with Gasteiger partial charge in [-0.1, -0.05) is 86.1 Å². The topological polar surface area (TPSA) is 34.1 Å². The summed E-state index contributed by atoms with van der Waals surface area (Å²) in [5.74, 6) is 0.568. The third kappa shape index (κ3) is 6.49. The van der Waals surface area contributed by atoms with Crippen molar-refractivity contribution < 1.29 is 9.59 Å². The molecule has 0 aliphatic rings. The van der Waals surface area contributed by atoms with Gasteiger partial charge in [0.25, 0.3) is 0 Å². The van der Waals surface area contributed by atoms with Crippen molar-refractivity contribution in [1.29, 1.82) is 0 Å². The number of hydrogen-bond acceptors (Lipinski definition) is 2. The van der Waals surface area contributed by atoms with Gasteiger partial charge in [0, 0.05) is 27.4 Å². The molecule has 0 heterocycles. The molecule has 0 atom stereocenters. The molecule has 0 amide bonds. The Labute approximate surface area is 147 Å². The lowest BCUT2D eigenvalue weighted by molar-refractivity contribution is 0.0932. The Bertz CT molecular complexity index is 646. The van der Waals surface area contributed by atoms with Crippen molar-refractivity contribution in [2.75, 3.05) is 0 Å². The van der Waals surface area contributed by atoms with Crippen LogP contribution in [0.15, 0.2) is 59.1 Å². The van der Waals surface area contributed by atoms with E-state index in [0.717, 1.165) is 15.6 Å². The highest BCUT2D eigenvalue weighted by Gasteiger charge is 2.09. The van der Waals surface area contributed by atoms with E-state index in [2.05, 4.69) is 15.9 Å². The molecule has 0 bridgehead atoms. The predicted molar refractivity (Wildman–Crippen MR) is 98.9 cm³/mol. The van der Waals surface area contributed by atoms with Crippen LogP contribution >= 0.6 is 15.9 Å². The molecule has 122 valence electrons. The Hall–Kier alpha value is -1.74. The second-order valence-electron chi connectivity index (χ2n) is 5.91. The molecule has 0 saturated carbocycles. The summed E-state index contributed by atoms with van der Waals surface area (Å²) in [6.07, 6.45) is 0. The summed E-state index contributed by atoms with van der Waals surface area (Å²) in [7, 11) is 0. The van der Waals surface area contributed by atoms with Crippen LogP contribution in [-0.4, -0.2) is 11.6 Å². The van der Waals surface area contributed by atoms with Gasteiger partial charge < -0.3 is 0 Å². The van der Waals surface area contributed by atoms with Gasteiger partial charge in [0.2, 0.25) is 0 Å². The molecule has 2 rings (SSSR count). The van der Waals surface area contributed by atoms with Gasteiger partial charge in [0.05, 0.1) is 0 Å². The van der Waals surface area contributed by atoms with Crippen LogP contribution in [0.1, 0.15) is 48.4 Å². The molecule has 0 aliphatic heterocycles. The zero-order chi connectivity index (χ0) is 17.4. The number of hydrogen-bond donors (Lipinski definition) is 0. The molecule has 23 heavy (non-hydrogen) atoms. The Morgan fingerprint density at radius 2 is 1.22 bits per heavy atom. The minimum absolute atomic E-state index is 0.0688. The molecule has 3 heteroatoms. The summed E-state index contributed by atoms with van der Waals surface area (Å²) in [5.41, 5.74) is 1.59. The number of halogens is 1. The largest absolute Gasteiger partial charge is 0.294 e. The maximum Gasteiger partial charge on any atom is 0.165 e. The van der Waals surface area contributed by atoms with Gasteiger partial charge in [0.15, 0.2) is 11.6 Å². The van der Waals surface area contributed by atoms with Crippen LogP contribution in [0.4, 0.5) is 0 Å². The molecule has 0 saturated heterocycles. The Kier molecular flexibility index (Phi) is 7.90. The summed E-state index contributed by atoms with van der Waals surface area (Å²) in [6.45, 7) is 7.64. The molecule has 2 aromatic rings. The van der Waals surface area contributed by atoms with Crippen LogP contribution in [-0.2, 0) is 0 Å². The quantitative estimate of drug-likeness (QED) is 0.632. The maximum atomic E-state index is 11.5. The monoisotopic (exact) mass is 374 g/mol. The standard InChI is InChI=1S/C10H11BrO.C10H12O/c1-7(2)10(12)8-4-3-5-9(11)6-8;1-8(2)10(11)9-6-4-3-5-7-9/h3-7H,1-2H3;3-8H,1-2H3. The maximum absolute atomic E-state index is 11.5. The summed E-state index contributed by atoms with van der Waals surface area (Å²) in [6, 6.07) is 16.9. The molecular formula is C20H23BrO2. The van der Waals surface area contributed by atoms with Crippen molar-refractivity contribution in [3.8, 4) is 0 Å². The van der Waals surface area contributed by atoms with Crippen LogP contribution in [0.5, 0.6) is 0 Å². The average Bonchev–Trinajstić information content (AvgIpc) is 2.54. The number of ketones is 2. The first-order chi connectivity index (χ1) is 10.8. The van der Waals surface area contributed by atoms with Gasteiger partial charge in [0.1, 0.15) is 0 Å². The predicted octanol–water partition coefficient (Wildman–Crippen LogP) is 5.81. The first-order valence-electron chi connectivity index (χ1n) is 7.72. The van der Waals surface area contributed by atoms with Crippen LogP contribution in [0.25, 0.3) is 0 Å². The number of carbonyl (C=O) groups is 2. The van der Waals surface area contributed by atoms with E-state index in [1.807, 2.05) is 82.3 Å². The fourth-order valence-electron chi connectivity index (χ4n) is 1.91. The van der Waals surface area contributed by atoms with Crippen LogP contribution in [0.3, 0.4) is 0 Å². The van der Waals surface area contributed by atoms with Gasteiger partial charge in [-0.2, -0.15) is 0 Å². The molecule has 0 unspecified atom stereocenters. The smallest absolute Gasteiger partial charge is 0.165 e. The van der Waals surface area contributed by atoms with Crippen molar-refractivity contribution >= 4 is 27.5 Å². The Balaban J connectivity index is 0.000000231. The van der Waals surface area contributed by atoms with E-state index in [1.165, 1.54) is 0 Å². The molecule has 0 aliphatic carbocycles. The SMILES string of the molecule is CC(C)C(=O)c1cccc(Br)c1.CC(C)C(=O)c1ccccc1. The lowest BCUT2D eigenvalue weighted by atomic mass is 10.0. The zero-order valence-electron chi connectivity index (χ0n) is 14.0. The van der Waals surface area contributed by atoms with E-state index in [1.54, 1.807) is 0 Å². The second kappa shape index (κ2) is 9.41.